The number of thioether (sulfide) groups is 1. The van der Waals surface area contributed by atoms with E-state index in [1.165, 1.54) is 10.1 Å². The van der Waals surface area contributed by atoms with Crippen LogP contribution in [0.25, 0.3) is 10.9 Å². The standard InChI is InChI=1S/C18H15N3OS2/c22-17-15(11-24-10-12-6-2-1-3-7-12)19-16-13-8-4-5-9-14(13)20-18(23)21(16)17/h1-9,15,19H,10-11H2/t15-/m1/s1. The molecular formula is C18H15N3OS2. The molecule has 120 valence electrons. The Morgan fingerprint density at radius 3 is 2.71 bits per heavy atom. The lowest BCUT2D eigenvalue weighted by molar-refractivity contribution is 0.0913. The van der Waals surface area contributed by atoms with E-state index in [0.29, 0.717) is 10.5 Å². The summed E-state index contributed by atoms with van der Waals surface area (Å²) >= 11 is 7.05. The van der Waals surface area contributed by atoms with Crippen LogP contribution in [-0.4, -0.2) is 27.3 Å². The van der Waals surface area contributed by atoms with Gasteiger partial charge in [0, 0.05) is 16.9 Å². The second kappa shape index (κ2) is 6.37. The highest BCUT2D eigenvalue weighted by molar-refractivity contribution is 7.98. The first-order valence-corrected chi connectivity index (χ1v) is 9.24. The predicted octanol–water partition coefficient (Wildman–Crippen LogP) is 4.13. The van der Waals surface area contributed by atoms with Crippen LogP contribution in [0.5, 0.6) is 0 Å². The third-order valence-electron chi connectivity index (χ3n) is 4.02. The fourth-order valence-electron chi connectivity index (χ4n) is 2.85. The molecule has 0 amide bonds. The van der Waals surface area contributed by atoms with Gasteiger partial charge in [0.1, 0.15) is 11.9 Å². The molecule has 1 N–H and O–H groups in total. The summed E-state index contributed by atoms with van der Waals surface area (Å²) in [6.07, 6.45) is 0. The Labute approximate surface area is 148 Å². The summed E-state index contributed by atoms with van der Waals surface area (Å²) in [4.78, 5) is 17.1. The number of nitrogens with one attached hydrogen (secondary N) is 1. The number of carbonyl (C=O) groups excluding carboxylic acids is 1. The molecule has 0 bridgehead atoms. The molecule has 1 aromatic heterocycles. The Kier molecular flexibility index (Phi) is 4.08. The van der Waals surface area contributed by atoms with Crippen molar-refractivity contribution >= 4 is 46.6 Å². The summed E-state index contributed by atoms with van der Waals surface area (Å²) in [5, 5.41) is 4.27. The van der Waals surface area contributed by atoms with Gasteiger partial charge in [-0.1, -0.05) is 42.5 Å². The van der Waals surface area contributed by atoms with Crippen LogP contribution in [0, 0.1) is 4.77 Å². The molecule has 4 nitrogen and oxygen atoms in total. The number of aromatic nitrogens is 2. The van der Waals surface area contributed by atoms with Gasteiger partial charge < -0.3 is 5.32 Å². The Bertz CT molecular complexity index is 969. The number of rotatable bonds is 4. The van der Waals surface area contributed by atoms with Crippen LogP contribution in [0.1, 0.15) is 10.4 Å². The molecule has 1 aliphatic heterocycles. The van der Waals surface area contributed by atoms with Gasteiger partial charge >= 0.3 is 0 Å². The van der Waals surface area contributed by atoms with E-state index in [1.807, 2.05) is 42.5 Å². The van der Waals surface area contributed by atoms with Crippen molar-refractivity contribution in [3.05, 3.63) is 64.9 Å². The van der Waals surface area contributed by atoms with Crippen LogP contribution >= 0.6 is 24.0 Å². The Morgan fingerprint density at radius 2 is 1.88 bits per heavy atom. The highest BCUT2D eigenvalue weighted by atomic mass is 32.2. The normalized spacial score (nSPS) is 16.2. The minimum Gasteiger partial charge on any atom is -0.358 e. The number of carbonyl (C=O) groups is 1. The average Bonchev–Trinajstić information content (AvgIpc) is 2.94. The zero-order valence-corrected chi connectivity index (χ0v) is 14.4. The second-order valence-electron chi connectivity index (χ2n) is 5.63. The van der Waals surface area contributed by atoms with Gasteiger partial charge in [-0.3, -0.25) is 4.79 Å². The number of fused-ring (bicyclic) bond motifs is 3. The smallest absolute Gasteiger partial charge is 0.257 e. The van der Waals surface area contributed by atoms with E-state index in [0.717, 1.165) is 22.5 Å². The quantitative estimate of drug-likeness (QED) is 0.715. The number of para-hydroxylation sites is 1. The molecule has 0 saturated heterocycles. The first kappa shape index (κ1) is 15.4. The van der Waals surface area contributed by atoms with E-state index in [4.69, 9.17) is 12.2 Å². The molecule has 0 fully saturated rings. The summed E-state index contributed by atoms with van der Waals surface area (Å²) in [5.74, 6) is 2.32. The molecule has 0 unspecified atom stereocenters. The lowest BCUT2D eigenvalue weighted by Crippen LogP contribution is -2.27. The van der Waals surface area contributed by atoms with Crippen molar-refractivity contribution in [2.24, 2.45) is 0 Å². The highest BCUT2D eigenvalue weighted by Crippen LogP contribution is 2.29. The molecule has 3 aromatic rings. The van der Waals surface area contributed by atoms with E-state index in [-0.39, 0.29) is 11.9 Å². The third kappa shape index (κ3) is 2.72. The molecule has 0 saturated carbocycles. The summed E-state index contributed by atoms with van der Waals surface area (Å²) in [7, 11) is 0. The maximum atomic E-state index is 12.7. The largest absolute Gasteiger partial charge is 0.358 e. The summed E-state index contributed by atoms with van der Waals surface area (Å²) in [5.41, 5.74) is 2.07. The van der Waals surface area contributed by atoms with Crippen molar-refractivity contribution in [3.63, 3.8) is 0 Å². The Hall–Kier alpha value is -2.18. The predicted molar refractivity (Wildman–Crippen MR) is 101 cm³/mol. The van der Waals surface area contributed by atoms with Gasteiger partial charge in [-0.25, -0.2) is 9.55 Å². The maximum Gasteiger partial charge on any atom is 0.257 e. The first-order valence-electron chi connectivity index (χ1n) is 7.68. The number of hydrogen-bond donors (Lipinski definition) is 1. The van der Waals surface area contributed by atoms with Crippen LogP contribution < -0.4 is 5.32 Å². The van der Waals surface area contributed by atoms with Crippen molar-refractivity contribution in [1.82, 2.24) is 9.55 Å². The topological polar surface area (TPSA) is 46.9 Å². The Morgan fingerprint density at radius 1 is 1.12 bits per heavy atom. The number of hydrogen-bond acceptors (Lipinski definition) is 5. The summed E-state index contributed by atoms with van der Waals surface area (Å²) in [6, 6.07) is 17.7. The zero-order chi connectivity index (χ0) is 16.5. The lowest BCUT2D eigenvalue weighted by atomic mass is 10.2. The van der Waals surface area contributed by atoms with Gasteiger partial charge in [0.2, 0.25) is 4.77 Å². The molecule has 1 atom stereocenters. The average molecular weight is 353 g/mol. The minimum absolute atomic E-state index is 0.0196. The monoisotopic (exact) mass is 353 g/mol. The number of anilines is 1. The maximum absolute atomic E-state index is 12.7. The SMILES string of the molecule is O=C1[C@@H](CSCc2ccccc2)Nc2c3ccccc3nc(=S)n21. The van der Waals surface area contributed by atoms with Gasteiger partial charge in [-0.2, -0.15) is 11.8 Å². The lowest BCUT2D eigenvalue weighted by Gasteiger charge is -2.08. The second-order valence-corrected chi connectivity index (χ2v) is 7.03. The van der Waals surface area contributed by atoms with E-state index >= 15 is 0 Å². The molecular weight excluding hydrogens is 338 g/mol. The molecule has 2 aromatic carbocycles. The molecule has 0 radical (unpaired) electrons. The summed E-state index contributed by atoms with van der Waals surface area (Å²) in [6.45, 7) is 0. The van der Waals surface area contributed by atoms with Crippen LogP contribution in [-0.2, 0) is 5.75 Å². The highest BCUT2D eigenvalue weighted by Gasteiger charge is 2.31. The molecule has 2 heterocycles. The molecule has 0 spiro atoms. The van der Waals surface area contributed by atoms with Crippen molar-refractivity contribution < 1.29 is 4.79 Å². The number of nitrogens with zero attached hydrogens (tertiary/aromatic N) is 2. The first-order chi connectivity index (χ1) is 11.7. The third-order valence-corrected chi connectivity index (χ3v) is 5.40. The molecule has 24 heavy (non-hydrogen) atoms. The summed E-state index contributed by atoms with van der Waals surface area (Å²) < 4.78 is 1.85. The van der Waals surface area contributed by atoms with Crippen molar-refractivity contribution in [2.45, 2.75) is 11.8 Å². The molecule has 0 aliphatic carbocycles. The van der Waals surface area contributed by atoms with Crippen LogP contribution in [0.4, 0.5) is 5.82 Å². The van der Waals surface area contributed by atoms with Gasteiger partial charge in [-0.15, -0.1) is 0 Å². The van der Waals surface area contributed by atoms with Gasteiger partial charge in [0.05, 0.1) is 5.52 Å². The van der Waals surface area contributed by atoms with Crippen LogP contribution in [0.3, 0.4) is 0 Å². The Balaban J connectivity index is 1.55. The van der Waals surface area contributed by atoms with E-state index < -0.39 is 0 Å². The van der Waals surface area contributed by atoms with Gasteiger partial charge in [0.15, 0.2) is 0 Å². The van der Waals surface area contributed by atoms with Crippen molar-refractivity contribution in [1.29, 1.82) is 0 Å². The van der Waals surface area contributed by atoms with Crippen LogP contribution in [0.15, 0.2) is 54.6 Å². The zero-order valence-electron chi connectivity index (χ0n) is 12.8. The fourth-order valence-corrected chi connectivity index (χ4v) is 4.14. The number of benzene rings is 2. The van der Waals surface area contributed by atoms with E-state index in [1.54, 1.807) is 11.8 Å². The van der Waals surface area contributed by atoms with E-state index in [9.17, 15) is 4.79 Å². The molecule has 4 rings (SSSR count). The molecule has 6 heteroatoms. The van der Waals surface area contributed by atoms with Crippen molar-refractivity contribution in [3.8, 4) is 0 Å². The van der Waals surface area contributed by atoms with Gasteiger partial charge in [-0.05, 0) is 29.9 Å². The van der Waals surface area contributed by atoms with E-state index in [2.05, 4.69) is 22.4 Å². The molecule has 1 aliphatic rings. The van der Waals surface area contributed by atoms with Gasteiger partial charge in [0.25, 0.3) is 5.91 Å². The van der Waals surface area contributed by atoms with Crippen LogP contribution in [0.2, 0.25) is 0 Å². The minimum atomic E-state index is -0.270. The van der Waals surface area contributed by atoms with Crippen molar-refractivity contribution in [2.75, 3.05) is 11.1 Å². The fraction of sp³-hybridized carbons (Fsp3) is 0.167.